The minimum atomic E-state index is -4.56. The van der Waals surface area contributed by atoms with Crippen molar-refractivity contribution in [2.75, 3.05) is 5.32 Å². The number of halogens is 4. The summed E-state index contributed by atoms with van der Waals surface area (Å²) >= 11 is 10.9. The van der Waals surface area contributed by atoms with Crippen molar-refractivity contribution in [2.24, 2.45) is 0 Å². The highest BCUT2D eigenvalue weighted by molar-refractivity contribution is 7.80. The van der Waals surface area contributed by atoms with Gasteiger partial charge >= 0.3 is 6.18 Å². The Kier molecular flexibility index (Phi) is 6.47. The molecule has 4 N–H and O–H groups in total. The Hall–Kier alpha value is -3.25. The summed E-state index contributed by atoms with van der Waals surface area (Å²) in [5, 5.41) is 10.3. The Labute approximate surface area is 196 Å². The average molecular weight is 499 g/mol. The number of benzene rings is 1. The molecule has 8 nitrogen and oxygen atoms in total. The van der Waals surface area contributed by atoms with Crippen molar-refractivity contribution >= 4 is 40.7 Å². The van der Waals surface area contributed by atoms with Crippen LogP contribution >= 0.6 is 23.8 Å². The number of fused-ring (bicyclic) bond motifs is 1. The number of rotatable bonds is 4. The molecule has 2 aromatic heterocycles. The molecule has 0 bridgehead atoms. The topological polar surface area (TPSA) is 96.2 Å². The summed E-state index contributed by atoms with van der Waals surface area (Å²) in [5.41, 5.74) is 5.23. The molecule has 174 valence electrons. The predicted molar refractivity (Wildman–Crippen MR) is 118 cm³/mol. The molecular formula is C20H18ClF3N6O2S. The molecule has 3 heterocycles. The van der Waals surface area contributed by atoms with Crippen LogP contribution in [-0.4, -0.2) is 27.0 Å². The monoisotopic (exact) mass is 498 g/mol. The summed E-state index contributed by atoms with van der Waals surface area (Å²) in [4.78, 5) is 12.5. The van der Waals surface area contributed by atoms with Gasteiger partial charge in [0.1, 0.15) is 11.6 Å². The number of hydrogen-bond donors (Lipinski definition) is 4. The fourth-order valence-corrected chi connectivity index (χ4v) is 3.65. The molecule has 1 aliphatic heterocycles. The number of carbonyl (C=O) groups is 1. The third kappa shape index (κ3) is 5.40. The molecule has 33 heavy (non-hydrogen) atoms. The average Bonchev–Trinajstić information content (AvgIpc) is 3.44. The fraction of sp³-hybridized carbons (Fsp3) is 0.250. The highest BCUT2D eigenvalue weighted by Crippen LogP contribution is 2.43. The third-order valence-corrected chi connectivity index (χ3v) is 5.49. The number of anilines is 1. The smallest absolute Gasteiger partial charge is 0.410 e. The van der Waals surface area contributed by atoms with Crippen LogP contribution in [0.5, 0.6) is 0 Å². The largest absolute Gasteiger partial charge is 0.467 e. The summed E-state index contributed by atoms with van der Waals surface area (Å²) in [5.74, 6) is -0.0382. The van der Waals surface area contributed by atoms with Gasteiger partial charge in [-0.1, -0.05) is 23.7 Å². The van der Waals surface area contributed by atoms with Crippen LogP contribution in [0.15, 0.2) is 53.1 Å². The van der Waals surface area contributed by atoms with E-state index in [1.54, 1.807) is 36.4 Å². The lowest BCUT2D eigenvalue weighted by atomic mass is 9.97. The number of thiocarbonyl (C=S) groups is 1. The lowest BCUT2D eigenvalue weighted by Crippen LogP contribution is -2.46. The van der Waals surface area contributed by atoms with Crippen LogP contribution in [0.25, 0.3) is 0 Å². The zero-order chi connectivity index (χ0) is 23.6. The van der Waals surface area contributed by atoms with E-state index in [1.807, 2.05) is 0 Å². The van der Waals surface area contributed by atoms with Gasteiger partial charge in [-0.25, -0.2) is 4.68 Å². The first-order valence-corrected chi connectivity index (χ1v) is 10.5. The zero-order valence-corrected chi connectivity index (χ0v) is 18.4. The van der Waals surface area contributed by atoms with Crippen molar-refractivity contribution in [1.29, 1.82) is 0 Å². The molecular weight excluding hydrogens is 481 g/mol. The number of carbonyl (C=O) groups excluding carboxylic acids is 1. The number of hydrogen-bond acceptors (Lipinski definition) is 5. The first-order chi connectivity index (χ1) is 15.7. The Bertz CT molecular complexity index is 1130. The van der Waals surface area contributed by atoms with Gasteiger partial charge in [-0.2, -0.15) is 18.3 Å². The molecule has 13 heteroatoms. The van der Waals surface area contributed by atoms with Crippen LogP contribution in [0, 0.1) is 0 Å². The van der Waals surface area contributed by atoms with Gasteiger partial charge in [-0.3, -0.25) is 15.6 Å². The van der Waals surface area contributed by atoms with E-state index in [2.05, 4.69) is 26.6 Å². The van der Waals surface area contributed by atoms with Crippen molar-refractivity contribution in [2.45, 2.75) is 31.2 Å². The number of nitrogens with zero attached hydrogens (tertiary/aromatic N) is 2. The van der Waals surface area contributed by atoms with Gasteiger partial charge in [0.15, 0.2) is 16.8 Å². The molecule has 0 radical (unpaired) electrons. The number of nitrogens with one attached hydrogen (secondary N) is 4. The molecule has 0 saturated carbocycles. The van der Waals surface area contributed by atoms with Crippen LogP contribution in [0.3, 0.4) is 0 Å². The molecule has 1 aliphatic rings. The summed E-state index contributed by atoms with van der Waals surface area (Å²) in [6.45, 7) is 0.288. The number of aromatic nitrogens is 2. The van der Waals surface area contributed by atoms with E-state index in [-0.39, 0.29) is 29.6 Å². The van der Waals surface area contributed by atoms with Crippen LogP contribution in [0.4, 0.5) is 19.0 Å². The Balaban J connectivity index is 1.45. The lowest BCUT2D eigenvalue weighted by Gasteiger charge is -2.33. The van der Waals surface area contributed by atoms with Crippen LogP contribution < -0.4 is 21.5 Å². The van der Waals surface area contributed by atoms with Crippen molar-refractivity contribution in [3.05, 3.63) is 70.8 Å². The normalized spacial score (nSPS) is 17.6. The molecule has 4 rings (SSSR count). The molecule has 0 saturated heterocycles. The second-order valence-electron chi connectivity index (χ2n) is 7.24. The van der Waals surface area contributed by atoms with E-state index in [0.717, 1.165) is 4.68 Å². The molecule has 1 aromatic carbocycles. The Morgan fingerprint density at radius 1 is 1.27 bits per heavy atom. The number of alkyl halides is 3. The maximum atomic E-state index is 13.8. The summed E-state index contributed by atoms with van der Waals surface area (Å²) < 4.78 is 47.3. The van der Waals surface area contributed by atoms with Crippen molar-refractivity contribution < 1.29 is 22.4 Å². The molecule has 2 atom stereocenters. The maximum absolute atomic E-state index is 13.8. The van der Waals surface area contributed by atoms with E-state index in [0.29, 0.717) is 16.3 Å². The van der Waals surface area contributed by atoms with Crippen molar-refractivity contribution in [3.8, 4) is 0 Å². The first kappa shape index (κ1) is 22.9. The van der Waals surface area contributed by atoms with Gasteiger partial charge in [0.25, 0.3) is 5.91 Å². The van der Waals surface area contributed by atoms with E-state index in [4.69, 9.17) is 28.2 Å². The van der Waals surface area contributed by atoms with Gasteiger partial charge < -0.3 is 15.1 Å². The van der Waals surface area contributed by atoms with Crippen molar-refractivity contribution in [1.82, 2.24) is 25.9 Å². The van der Waals surface area contributed by atoms with Gasteiger partial charge in [-0.15, -0.1) is 0 Å². The molecule has 1 amide bonds. The standard InChI is InChI=1S/C20H18ClF3N6O2S/c21-12-5-3-11(4-6-12)14-8-16(20(22,23)24)30-17(26-14)9-15(29-30)18(31)27-28-19(33)25-10-13-2-1-7-32-13/h1-7,9,14,16,26H,8,10H2,(H,27,31)(H2,25,28,33)/t14-,16+/m1/s1. The second-order valence-corrected chi connectivity index (χ2v) is 8.09. The molecule has 0 spiro atoms. The quantitative estimate of drug-likeness (QED) is 0.318. The fourth-order valence-electron chi connectivity index (χ4n) is 3.40. The first-order valence-electron chi connectivity index (χ1n) is 9.75. The Morgan fingerprint density at radius 3 is 2.70 bits per heavy atom. The molecule has 0 unspecified atom stereocenters. The maximum Gasteiger partial charge on any atom is 0.410 e. The van der Waals surface area contributed by atoms with Crippen molar-refractivity contribution in [3.63, 3.8) is 0 Å². The number of hydrazine groups is 1. The summed E-state index contributed by atoms with van der Waals surface area (Å²) in [6, 6.07) is 8.73. The van der Waals surface area contributed by atoms with Gasteiger partial charge in [0, 0.05) is 17.5 Å². The van der Waals surface area contributed by atoms with E-state index < -0.39 is 24.2 Å². The number of amides is 1. The predicted octanol–water partition coefficient (Wildman–Crippen LogP) is 4.10. The highest BCUT2D eigenvalue weighted by Gasteiger charge is 2.46. The van der Waals surface area contributed by atoms with Crippen LogP contribution in [0.2, 0.25) is 5.02 Å². The minimum absolute atomic E-state index is 0.0761. The minimum Gasteiger partial charge on any atom is -0.467 e. The second kappa shape index (κ2) is 9.32. The SMILES string of the molecule is O=C(NNC(=S)NCc1ccco1)c1cc2n(n1)[C@H](C(F)(F)F)C[C@H](c1ccc(Cl)cc1)N2. The van der Waals surface area contributed by atoms with Gasteiger partial charge in [0.05, 0.1) is 18.8 Å². The molecule has 0 fully saturated rings. The summed E-state index contributed by atoms with van der Waals surface area (Å²) in [7, 11) is 0. The lowest BCUT2D eigenvalue weighted by molar-refractivity contribution is -0.173. The third-order valence-electron chi connectivity index (χ3n) is 4.99. The zero-order valence-electron chi connectivity index (χ0n) is 16.8. The van der Waals surface area contributed by atoms with Gasteiger partial charge in [-0.05, 0) is 42.0 Å². The van der Waals surface area contributed by atoms with E-state index >= 15 is 0 Å². The van der Waals surface area contributed by atoms with E-state index in [9.17, 15) is 18.0 Å². The van der Waals surface area contributed by atoms with Crippen LogP contribution in [-0.2, 0) is 6.54 Å². The Morgan fingerprint density at radius 2 is 2.03 bits per heavy atom. The van der Waals surface area contributed by atoms with E-state index in [1.165, 1.54) is 12.3 Å². The number of furan rings is 1. The highest BCUT2D eigenvalue weighted by atomic mass is 35.5. The molecule has 3 aromatic rings. The summed E-state index contributed by atoms with van der Waals surface area (Å²) in [6.07, 6.45) is -3.34. The molecule has 0 aliphatic carbocycles. The van der Waals surface area contributed by atoms with Crippen LogP contribution in [0.1, 0.15) is 40.3 Å². The van der Waals surface area contributed by atoms with Gasteiger partial charge in [0.2, 0.25) is 0 Å².